The summed E-state index contributed by atoms with van der Waals surface area (Å²) in [5.41, 5.74) is -6.72. The lowest BCUT2D eigenvalue weighted by molar-refractivity contribution is -0.344. The zero-order valence-corrected chi connectivity index (χ0v) is 53.4. The first-order chi connectivity index (χ1) is 38.0. The normalized spacial score (nSPS) is 29.4. The Morgan fingerprint density at radius 3 is 1.99 bits per heavy atom. The lowest BCUT2D eigenvalue weighted by Crippen LogP contribution is -2.83. The van der Waals surface area contributed by atoms with Gasteiger partial charge in [-0.15, -0.1) is 0 Å². The van der Waals surface area contributed by atoms with E-state index >= 15 is 14.4 Å². The largest absolute Gasteiger partial charge is 0.509 e. The van der Waals surface area contributed by atoms with Crippen LogP contribution in [0.3, 0.4) is 0 Å². The number of carbonyl (C=O) groups is 7. The fourth-order valence-electron chi connectivity index (χ4n) is 14.8. The Hall–Kier alpha value is -4.96. The maximum absolute atomic E-state index is 17.0. The molecule has 1 aromatic rings. The third-order valence-corrected chi connectivity index (χ3v) is 29.6. The van der Waals surface area contributed by atoms with Crippen LogP contribution in [0.4, 0.5) is 4.79 Å². The molecule has 81 heavy (non-hydrogen) atoms. The van der Waals surface area contributed by atoms with Gasteiger partial charge in [0.2, 0.25) is 19.8 Å². The van der Waals surface area contributed by atoms with Gasteiger partial charge in [-0.25, -0.2) is 19.2 Å². The van der Waals surface area contributed by atoms with Crippen LogP contribution in [0.1, 0.15) is 167 Å². The average molecular weight is 1160 g/mol. The predicted molar refractivity (Wildman–Crippen MR) is 310 cm³/mol. The molecule has 0 aromatic heterocycles. The van der Waals surface area contributed by atoms with Gasteiger partial charge in [0.25, 0.3) is 0 Å². The summed E-state index contributed by atoms with van der Waals surface area (Å²) in [5.74, 6) is -5.92. The number of nitrogens with one attached hydrogen (secondary N) is 1. The van der Waals surface area contributed by atoms with Crippen LogP contribution in [0.25, 0.3) is 0 Å². The molecule has 2 aliphatic heterocycles. The Labute approximate surface area is 482 Å². The molecule has 19 heteroatoms. The molecule has 1 N–H and O–H groups in total. The molecule has 3 aliphatic carbocycles. The third kappa shape index (κ3) is 11.7. The molecule has 2 saturated carbocycles. The van der Waals surface area contributed by atoms with E-state index in [1.165, 1.54) is 19.1 Å². The van der Waals surface area contributed by atoms with E-state index in [1.807, 2.05) is 41.5 Å². The van der Waals surface area contributed by atoms with Crippen LogP contribution >= 0.6 is 0 Å². The van der Waals surface area contributed by atoms with Crippen molar-refractivity contribution in [1.29, 1.82) is 0 Å². The predicted octanol–water partition coefficient (Wildman–Crippen LogP) is 11.5. The monoisotopic (exact) mass is 1160 g/mol. The number of amides is 1. The van der Waals surface area contributed by atoms with Crippen molar-refractivity contribution in [3.63, 3.8) is 0 Å². The molecular weight excluding hydrogens is 1070 g/mol. The highest BCUT2D eigenvalue weighted by molar-refractivity contribution is 6.77. The SMILES string of the molecule is C/C=C/C(=O)O[C@H]1C(=O)[C@@]2(C)C([C@H](OC(=O)c3ccccc3)[C@]34OC(=O)O[C@H]3[C@H](OC(=O)[C@H](O[Si](C(C)C)(C(C)C)C(C)C)[C@H](C=C(C)C)NC(=O)CCCCC)C(C)=C1C4(C)C)[C@]1(OC(C)=O)CO[C@@H]1C[C@@H]2O[Si](CC)(CC)CC. The summed E-state index contributed by atoms with van der Waals surface area (Å²) in [6, 6.07) is 9.09. The number of ketones is 1. The second-order valence-corrected chi connectivity index (χ2v) is 35.1. The molecule has 450 valence electrons. The van der Waals surface area contributed by atoms with Gasteiger partial charge in [-0.1, -0.05) is 132 Å². The van der Waals surface area contributed by atoms with Gasteiger partial charge in [-0.05, 0) is 99.1 Å². The number of hydrogen-bond acceptors (Lipinski definition) is 16. The molecule has 1 unspecified atom stereocenters. The molecule has 5 aliphatic rings. The zero-order chi connectivity index (χ0) is 60.4. The standard InChI is InChI=1S/C62H93NO16Si2/c1-19-24-26-32-46(65)63-43(33-36(6)7)50(79-81(37(8)9,38(10)11)39(12)13)57(69)73-49-40(14)48-51(72-47(66)29-20-2)53(67)60(18)44(78-80(21-3,22-4)23-5)34-45-61(35-71-45,76-41(15)64)52(60)55(74-56(68)42-30-27-25-28-31-42)62(59(48,16)17)54(49)75-58(70)77-62/h20,25,27-31,33,37-39,43-45,49-52,54-55H,19,21-24,26,32,34-35H2,1-18H3,(H,63,65)/b29-20+/t43-,44-,45+,49+,50+,51+,52?,54-,55-,60+,61-,62+/m0/s1. The lowest BCUT2D eigenvalue weighted by atomic mass is 9.44. The number of unbranched alkanes of at least 4 members (excludes halogenated alkanes) is 2. The highest BCUT2D eigenvalue weighted by Gasteiger charge is 2.83. The van der Waals surface area contributed by atoms with Crippen LogP contribution in [0.15, 0.2) is 65.3 Å². The number of Topliss-reactive ketones (excluding diaryl/α,β-unsaturated/α-hetero) is 1. The van der Waals surface area contributed by atoms with Gasteiger partial charge in [0.15, 0.2) is 50.2 Å². The summed E-state index contributed by atoms with van der Waals surface area (Å²) in [5, 5.41) is 3.12. The first kappa shape index (κ1) is 65.2. The van der Waals surface area contributed by atoms with E-state index in [4.69, 9.17) is 42.0 Å². The van der Waals surface area contributed by atoms with Crippen molar-refractivity contribution in [2.45, 2.75) is 251 Å². The van der Waals surface area contributed by atoms with E-state index in [2.05, 4.69) is 46.9 Å². The Morgan fingerprint density at radius 2 is 1.47 bits per heavy atom. The van der Waals surface area contributed by atoms with Gasteiger partial charge in [0.1, 0.15) is 6.10 Å². The average Bonchev–Trinajstić information content (AvgIpc) is 4.01. The Morgan fingerprint density at radius 1 is 0.852 bits per heavy atom. The molecule has 6 rings (SSSR count). The summed E-state index contributed by atoms with van der Waals surface area (Å²) in [7, 11) is -5.79. The number of rotatable bonds is 24. The molecule has 1 amide bonds. The maximum atomic E-state index is 17.0. The second-order valence-electron chi connectivity index (χ2n) is 25.0. The van der Waals surface area contributed by atoms with E-state index in [0.29, 0.717) is 24.6 Å². The molecule has 1 aromatic carbocycles. The van der Waals surface area contributed by atoms with Gasteiger partial charge in [0.05, 0.1) is 35.6 Å². The van der Waals surface area contributed by atoms with Crippen LogP contribution in [0, 0.1) is 16.7 Å². The Kier molecular flexibility index (Phi) is 20.5. The molecule has 4 fully saturated rings. The molecule has 12 atom stereocenters. The Balaban J connectivity index is 1.75. The highest BCUT2D eigenvalue weighted by atomic mass is 28.4. The first-order valence-electron chi connectivity index (χ1n) is 29.6. The highest BCUT2D eigenvalue weighted by Crippen LogP contribution is 2.67. The molecule has 17 nitrogen and oxygen atoms in total. The first-order valence-corrected chi connectivity index (χ1v) is 34.2. The van der Waals surface area contributed by atoms with Crippen molar-refractivity contribution < 1.29 is 75.6 Å². The summed E-state index contributed by atoms with van der Waals surface area (Å²) >= 11 is 0. The number of fused-ring (bicyclic) bond motifs is 4. The molecule has 2 bridgehead atoms. The molecule has 2 heterocycles. The van der Waals surface area contributed by atoms with Gasteiger partial charge in [-0.2, -0.15) is 0 Å². The summed E-state index contributed by atoms with van der Waals surface area (Å²) in [6.45, 7) is 33.6. The van der Waals surface area contributed by atoms with Crippen LogP contribution < -0.4 is 5.32 Å². The molecular formula is C62H93NO16Si2. The summed E-state index contributed by atoms with van der Waals surface area (Å²) < 4.78 is 61.4. The van der Waals surface area contributed by atoms with Crippen molar-refractivity contribution in [2.24, 2.45) is 16.7 Å². The zero-order valence-electron chi connectivity index (χ0n) is 51.4. The third-order valence-electron chi connectivity index (χ3n) is 18.9. The van der Waals surface area contributed by atoms with Crippen LogP contribution in [-0.4, -0.2) is 125 Å². The number of allylic oxidation sites excluding steroid dienone is 2. The Bertz CT molecular complexity index is 2570. The lowest BCUT2D eigenvalue weighted by Gasteiger charge is -2.68. The number of esters is 4. The summed E-state index contributed by atoms with van der Waals surface area (Å²) in [4.78, 5) is 105. The minimum Gasteiger partial charge on any atom is -0.454 e. The molecule has 2 saturated heterocycles. The fourth-order valence-corrected chi connectivity index (χ4v) is 23.2. The van der Waals surface area contributed by atoms with E-state index < -0.39 is 129 Å². The summed E-state index contributed by atoms with van der Waals surface area (Å²) in [6.07, 6.45) is -4.71. The van der Waals surface area contributed by atoms with E-state index in [1.54, 1.807) is 71.0 Å². The van der Waals surface area contributed by atoms with Crippen LogP contribution in [0.2, 0.25) is 34.8 Å². The van der Waals surface area contributed by atoms with E-state index in [-0.39, 0.29) is 58.7 Å². The number of hydrogen-bond donors (Lipinski definition) is 1. The van der Waals surface area contributed by atoms with Crippen molar-refractivity contribution in [3.05, 3.63) is 70.8 Å². The van der Waals surface area contributed by atoms with E-state index in [0.717, 1.165) is 18.4 Å². The topological polar surface area (TPSA) is 215 Å². The van der Waals surface area contributed by atoms with Crippen molar-refractivity contribution >= 4 is 58.4 Å². The quantitative estimate of drug-likeness (QED) is 0.0254. The van der Waals surface area contributed by atoms with E-state index in [9.17, 15) is 19.2 Å². The van der Waals surface area contributed by atoms with Gasteiger partial charge >= 0.3 is 30.0 Å². The van der Waals surface area contributed by atoms with Crippen LogP contribution in [0.5, 0.6) is 0 Å². The van der Waals surface area contributed by atoms with Crippen molar-refractivity contribution in [2.75, 3.05) is 6.61 Å². The second kappa shape index (κ2) is 25.5. The van der Waals surface area contributed by atoms with Gasteiger partial charge in [0, 0.05) is 31.3 Å². The minimum absolute atomic E-state index is 0.0428. The molecule has 0 radical (unpaired) electrons. The maximum Gasteiger partial charge on any atom is 0.509 e. The van der Waals surface area contributed by atoms with Crippen LogP contribution in [-0.2, 0) is 66.0 Å². The van der Waals surface area contributed by atoms with Crippen molar-refractivity contribution in [1.82, 2.24) is 5.32 Å². The number of benzene rings is 1. The van der Waals surface area contributed by atoms with Gasteiger partial charge in [-0.3, -0.25) is 14.4 Å². The number of ether oxygens (including phenoxy) is 7. The van der Waals surface area contributed by atoms with Crippen molar-refractivity contribution in [3.8, 4) is 0 Å². The molecule has 1 spiro atoms. The number of carbonyl (C=O) groups excluding carboxylic acids is 7. The smallest absolute Gasteiger partial charge is 0.454 e. The minimum atomic E-state index is -3.06. The van der Waals surface area contributed by atoms with Gasteiger partial charge < -0.3 is 47.3 Å². The fraction of sp³-hybridized carbons (Fsp3) is 0.694.